The van der Waals surface area contributed by atoms with Crippen molar-refractivity contribution in [2.45, 2.75) is 51.7 Å². The summed E-state index contributed by atoms with van der Waals surface area (Å²) in [5.41, 5.74) is 1.10. The predicted octanol–water partition coefficient (Wildman–Crippen LogP) is 3.40. The maximum Gasteiger partial charge on any atom is 0.133 e. The molecule has 0 bridgehead atoms. The number of nitrogens with one attached hydrogen (secondary N) is 1. The summed E-state index contributed by atoms with van der Waals surface area (Å²) in [6, 6.07) is 8.47. The van der Waals surface area contributed by atoms with Gasteiger partial charge in [0.05, 0.1) is 6.10 Å². The number of ether oxygens (including phenoxy) is 1. The monoisotopic (exact) mass is 247 g/mol. The highest BCUT2D eigenvalue weighted by molar-refractivity contribution is 5.79. The molecular formula is C15H21NO2. The molecule has 1 fully saturated rings. The van der Waals surface area contributed by atoms with Crippen molar-refractivity contribution in [2.75, 3.05) is 5.32 Å². The highest BCUT2D eigenvalue weighted by atomic mass is 16.5. The lowest BCUT2D eigenvalue weighted by atomic mass is 9.94. The minimum absolute atomic E-state index is 0.202. The summed E-state index contributed by atoms with van der Waals surface area (Å²) in [4.78, 5) is 11.2. The molecule has 1 aliphatic carbocycles. The van der Waals surface area contributed by atoms with Crippen LogP contribution in [0.4, 0.5) is 5.69 Å². The Morgan fingerprint density at radius 1 is 1.17 bits per heavy atom. The summed E-state index contributed by atoms with van der Waals surface area (Å²) in [7, 11) is 0. The first kappa shape index (κ1) is 12.9. The van der Waals surface area contributed by atoms with Gasteiger partial charge in [0.15, 0.2) is 0 Å². The van der Waals surface area contributed by atoms with E-state index in [0.29, 0.717) is 24.7 Å². The molecule has 98 valence electrons. The van der Waals surface area contributed by atoms with Gasteiger partial charge in [-0.2, -0.15) is 0 Å². The lowest BCUT2D eigenvalue weighted by Gasteiger charge is -2.23. The first-order chi connectivity index (χ1) is 8.63. The van der Waals surface area contributed by atoms with Crippen LogP contribution in [0.2, 0.25) is 0 Å². The van der Waals surface area contributed by atoms with Crippen molar-refractivity contribution in [3.05, 3.63) is 24.3 Å². The molecule has 0 heterocycles. The summed E-state index contributed by atoms with van der Waals surface area (Å²) < 4.78 is 5.60. The number of carbonyl (C=O) groups excluding carboxylic acids is 1. The first-order valence-corrected chi connectivity index (χ1v) is 6.68. The van der Waals surface area contributed by atoms with Crippen molar-refractivity contribution >= 4 is 11.5 Å². The average Bonchev–Trinajstić information content (AvgIpc) is 2.34. The van der Waals surface area contributed by atoms with Crippen LogP contribution in [-0.4, -0.2) is 17.9 Å². The Bertz CT molecular complexity index is 387. The highest BCUT2D eigenvalue weighted by Gasteiger charge is 2.18. The van der Waals surface area contributed by atoms with E-state index in [-0.39, 0.29) is 6.10 Å². The van der Waals surface area contributed by atoms with Gasteiger partial charge in [0, 0.05) is 24.6 Å². The second kappa shape index (κ2) is 5.89. The van der Waals surface area contributed by atoms with Gasteiger partial charge in [0.1, 0.15) is 11.5 Å². The Morgan fingerprint density at radius 2 is 1.78 bits per heavy atom. The van der Waals surface area contributed by atoms with Crippen molar-refractivity contribution in [2.24, 2.45) is 0 Å². The van der Waals surface area contributed by atoms with E-state index in [9.17, 15) is 4.79 Å². The zero-order chi connectivity index (χ0) is 13.0. The van der Waals surface area contributed by atoms with Gasteiger partial charge in [-0.15, -0.1) is 0 Å². The van der Waals surface area contributed by atoms with E-state index in [1.807, 2.05) is 38.1 Å². The molecular weight excluding hydrogens is 226 g/mol. The largest absolute Gasteiger partial charge is 0.491 e. The van der Waals surface area contributed by atoms with E-state index in [4.69, 9.17) is 4.74 Å². The summed E-state index contributed by atoms with van der Waals surface area (Å²) >= 11 is 0. The van der Waals surface area contributed by atoms with E-state index in [1.54, 1.807) is 0 Å². The standard InChI is InChI=1S/C15H21NO2/c1-11(2)18-15-9-5-13(6-10-15)16-12-3-7-14(17)8-4-12/h5-6,9-12,16H,3-4,7-8H2,1-2H3. The van der Waals surface area contributed by atoms with Crippen LogP contribution in [0.15, 0.2) is 24.3 Å². The van der Waals surface area contributed by atoms with Gasteiger partial charge in [0.2, 0.25) is 0 Å². The quantitative estimate of drug-likeness (QED) is 0.886. The van der Waals surface area contributed by atoms with E-state index in [2.05, 4.69) is 5.32 Å². The SMILES string of the molecule is CC(C)Oc1ccc(NC2CCC(=O)CC2)cc1. The molecule has 1 saturated carbocycles. The van der Waals surface area contributed by atoms with Gasteiger partial charge in [-0.3, -0.25) is 4.79 Å². The molecule has 0 unspecified atom stereocenters. The third kappa shape index (κ3) is 3.76. The number of Topliss-reactive ketones (excluding diaryl/α,β-unsaturated/α-hetero) is 1. The summed E-state index contributed by atoms with van der Waals surface area (Å²) in [5, 5.41) is 3.47. The molecule has 1 aromatic carbocycles. The molecule has 2 rings (SSSR count). The lowest BCUT2D eigenvalue weighted by molar-refractivity contribution is -0.120. The van der Waals surface area contributed by atoms with Gasteiger partial charge >= 0.3 is 0 Å². The molecule has 1 N–H and O–H groups in total. The van der Waals surface area contributed by atoms with Crippen LogP contribution in [0.25, 0.3) is 0 Å². The minimum atomic E-state index is 0.202. The van der Waals surface area contributed by atoms with Crippen LogP contribution >= 0.6 is 0 Å². The Hall–Kier alpha value is -1.51. The fourth-order valence-corrected chi connectivity index (χ4v) is 2.22. The van der Waals surface area contributed by atoms with Crippen LogP contribution in [0.3, 0.4) is 0 Å². The molecule has 3 heteroatoms. The number of benzene rings is 1. The van der Waals surface area contributed by atoms with Crippen LogP contribution in [0.5, 0.6) is 5.75 Å². The fourth-order valence-electron chi connectivity index (χ4n) is 2.22. The molecule has 3 nitrogen and oxygen atoms in total. The van der Waals surface area contributed by atoms with Crippen molar-refractivity contribution < 1.29 is 9.53 Å². The molecule has 1 aromatic rings. The van der Waals surface area contributed by atoms with E-state index in [0.717, 1.165) is 24.3 Å². The molecule has 0 atom stereocenters. The number of carbonyl (C=O) groups is 1. The molecule has 0 saturated heterocycles. The van der Waals surface area contributed by atoms with Crippen molar-refractivity contribution in [1.82, 2.24) is 0 Å². The maximum absolute atomic E-state index is 11.2. The van der Waals surface area contributed by atoms with Crippen LogP contribution in [0.1, 0.15) is 39.5 Å². The number of hydrogen-bond acceptors (Lipinski definition) is 3. The average molecular weight is 247 g/mol. The van der Waals surface area contributed by atoms with E-state index >= 15 is 0 Å². The first-order valence-electron chi connectivity index (χ1n) is 6.68. The Balaban J connectivity index is 1.88. The Morgan fingerprint density at radius 3 is 2.33 bits per heavy atom. The van der Waals surface area contributed by atoms with Crippen LogP contribution in [-0.2, 0) is 4.79 Å². The Kier molecular flexibility index (Phi) is 4.24. The zero-order valence-electron chi connectivity index (χ0n) is 11.1. The second-order valence-electron chi connectivity index (χ2n) is 5.15. The summed E-state index contributed by atoms with van der Waals surface area (Å²) in [6.07, 6.45) is 3.53. The van der Waals surface area contributed by atoms with Gasteiger partial charge in [-0.25, -0.2) is 0 Å². The van der Waals surface area contributed by atoms with Crippen molar-refractivity contribution in [1.29, 1.82) is 0 Å². The van der Waals surface area contributed by atoms with Gasteiger partial charge < -0.3 is 10.1 Å². The topological polar surface area (TPSA) is 38.3 Å². The fraction of sp³-hybridized carbons (Fsp3) is 0.533. The molecule has 0 amide bonds. The van der Waals surface area contributed by atoms with Gasteiger partial charge in [0.25, 0.3) is 0 Å². The zero-order valence-corrected chi connectivity index (χ0v) is 11.1. The predicted molar refractivity (Wildman–Crippen MR) is 73.1 cm³/mol. The highest BCUT2D eigenvalue weighted by Crippen LogP contribution is 2.22. The number of anilines is 1. The number of rotatable bonds is 4. The van der Waals surface area contributed by atoms with Crippen LogP contribution in [0, 0.1) is 0 Å². The normalized spacial score (nSPS) is 16.9. The number of hydrogen-bond donors (Lipinski definition) is 1. The Labute approximate surface area is 109 Å². The smallest absolute Gasteiger partial charge is 0.133 e. The van der Waals surface area contributed by atoms with Crippen molar-refractivity contribution in [3.8, 4) is 5.75 Å². The summed E-state index contributed by atoms with van der Waals surface area (Å²) in [6.45, 7) is 4.04. The molecule has 0 radical (unpaired) electrons. The molecule has 0 aliphatic heterocycles. The van der Waals surface area contributed by atoms with Crippen molar-refractivity contribution in [3.63, 3.8) is 0 Å². The lowest BCUT2D eigenvalue weighted by Crippen LogP contribution is -2.25. The van der Waals surface area contributed by atoms with Gasteiger partial charge in [-0.1, -0.05) is 0 Å². The molecule has 0 aromatic heterocycles. The van der Waals surface area contributed by atoms with Gasteiger partial charge in [-0.05, 0) is 51.0 Å². The minimum Gasteiger partial charge on any atom is -0.491 e. The molecule has 18 heavy (non-hydrogen) atoms. The molecule has 0 spiro atoms. The molecule has 1 aliphatic rings. The third-order valence-corrected chi connectivity index (χ3v) is 3.14. The van der Waals surface area contributed by atoms with E-state index in [1.165, 1.54) is 0 Å². The van der Waals surface area contributed by atoms with Crippen LogP contribution < -0.4 is 10.1 Å². The maximum atomic E-state index is 11.2. The second-order valence-corrected chi connectivity index (χ2v) is 5.15. The number of ketones is 1. The van der Waals surface area contributed by atoms with E-state index < -0.39 is 0 Å². The third-order valence-electron chi connectivity index (χ3n) is 3.14. The summed E-state index contributed by atoms with van der Waals surface area (Å²) in [5.74, 6) is 1.29.